The van der Waals surface area contributed by atoms with E-state index in [1.807, 2.05) is 0 Å². The van der Waals surface area contributed by atoms with Crippen LogP contribution in [0.1, 0.15) is 31.8 Å². The number of hydrogen-bond donors (Lipinski definition) is 1. The van der Waals surface area contributed by atoms with Gasteiger partial charge in [0.1, 0.15) is 0 Å². The van der Waals surface area contributed by atoms with Crippen LogP contribution >= 0.6 is 11.8 Å². The molecule has 0 atom stereocenters. The molecule has 2 amide bonds. The van der Waals surface area contributed by atoms with Crippen LogP contribution in [0.3, 0.4) is 0 Å². The van der Waals surface area contributed by atoms with Crippen LogP contribution < -0.4 is 5.32 Å². The highest BCUT2D eigenvalue weighted by Gasteiger charge is 2.43. The van der Waals surface area contributed by atoms with Crippen LogP contribution in [0.5, 0.6) is 0 Å². The van der Waals surface area contributed by atoms with Crippen LogP contribution in [-0.2, 0) is 12.4 Å². The van der Waals surface area contributed by atoms with E-state index in [9.17, 15) is 35.9 Å². The number of rotatable bonds is 3. The lowest BCUT2D eigenvalue weighted by molar-refractivity contribution is -0.147. The normalized spacial score (nSPS) is 12.0. The lowest BCUT2D eigenvalue weighted by atomic mass is 10.0. The van der Waals surface area contributed by atoms with Gasteiger partial charge in [-0.3, -0.25) is 14.9 Å². The highest BCUT2D eigenvalue weighted by atomic mass is 32.2. The molecule has 1 N–H and O–H groups in total. The highest BCUT2D eigenvalue weighted by Crippen LogP contribution is 2.45. The first-order valence-corrected chi connectivity index (χ1v) is 8.45. The summed E-state index contributed by atoms with van der Waals surface area (Å²) in [5.74, 6) is -2.42. The van der Waals surface area contributed by atoms with Crippen LogP contribution in [0.4, 0.5) is 26.3 Å². The van der Waals surface area contributed by atoms with Gasteiger partial charge in [0, 0.05) is 10.5 Å². The SMILES string of the molecule is CSc1c(C(F)(F)F)ccc(C(=O)NC(=O)c2ccccc2)c1C(F)(F)F. The van der Waals surface area contributed by atoms with Gasteiger partial charge in [-0.05, 0) is 30.5 Å². The number of carbonyl (C=O) groups excluding carboxylic acids is 2. The Balaban J connectivity index is 2.53. The first-order valence-electron chi connectivity index (χ1n) is 7.23. The molecule has 2 aromatic rings. The lowest BCUT2D eigenvalue weighted by Crippen LogP contribution is -2.32. The minimum absolute atomic E-state index is 0.0106. The summed E-state index contributed by atoms with van der Waals surface area (Å²) < 4.78 is 79.4. The van der Waals surface area contributed by atoms with Gasteiger partial charge < -0.3 is 0 Å². The van der Waals surface area contributed by atoms with Gasteiger partial charge in [0.2, 0.25) is 0 Å². The number of amides is 2. The second kappa shape index (κ2) is 7.63. The molecule has 0 unspecified atom stereocenters. The predicted octanol–water partition coefficient (Wildman–Crippen LogP) is 5.02. The number of imide groups is 1. The van der Waals surface area contributed by atoms with Crippen molar-refractivity contribution in [1.82, 2.24) is 5.32 Å². The van der Waals surface area contributed by atoms with Crippen molar-refractivity contribution >= 4 is 23.6 Å². The molecule has 0 saturated heterocycles. The van der Waals surface area contributed by atoms with E-state index < -0.39 is 45.8 Å². The van der Waals surface area contributed by atoms with Crippen molar-refractivity contribution in [2.75, 3.05) is 6.26 Å². The van der Waals surface area contributed by atoms with Crippen LogP contribution in [-0.4, -0.2) is 18.1 Å². The summed E-state index contributed by atoms with van der Waals surface area (Å²) in [6.45, 7) is 0. The molecule has 0 radical (unpaired) electrons. The zero-order chi connectivity index (χ0) is 20.4. The molecule has 10 heteroatoms. The van der Waals surface area contributed by atoms with Gasteiger partial charge in [-0.1, -0.05) is 18.2 Å². The van der Waals surface area contributed by atoms with E-state index in [0.29, 0.717) is 12.1 Å². The smallest absolute Gasteiger partial charge is 0.288 e. The summed E-state index contributed by atoms with van der Waals surface area (Å²) in [5, 5.41) is 1.77. The van der Waals surface area contributed by atoms with E-state index in [0.717, 1.165) is 6.26 Å². The molecular formula is C17H11F6NO2S. The average molecular weight is 407 g/mol. The highest BCUT2D eigenvalue weighted by molar-refractivity contribution is 7.98. The molecule has 2 rings (SSSR count). The molecule has 0 spiro atoms. The minimum Gasteiger partial charge on any atom is -0.288 e. The maximum atomic E-state index is 13.4. The first-order chi connectivity index (χ1) is 12.5. The van der Waals surface area contributed by atoms with Crippen molar-refractivity contribution in [1.29, 1.82) is 0 Å². The van der Waals surface area contributed by atoms with E-state index in [4.69, 9.17) is 0 Å². The fraction of sp³-hybridized carbons (Fsp3) is 0.176. The van der Waals surface area contributed by atoms with Crippen LogP contribution in [0.2, 0.25) is 0 Å². The fourth-order valence-electron chi connectivity index (χ4n) is 2.32. The van der Waals surface area contributed by atoms with Crippen molar-refractivity contribution in [3.8, 4) is 0 Å². The molecule has 0 heterocycles. The Kier molecular flexibility index (Phi) is 5.88. The number of nitrogens with one attached hydrogen (secondary N) is 1. The standard InChI is InChI=1S/C17H11F6NO2S/c1-27-13-11(16(18,19)20)8-7-10(12(13)17(21,22)23)15(26)24-14(25)9-5-3-2-4-6-9/h2-8H,1H3,(H,24,25,26). The molecule has 0 aliphatic heterocycles. The van der Waals surface area contributed by atoms with Gasteiger partial charge in [-0.15, -0.1) is 11.8 Å². The van der Waals surface area contributed by atoms with Crippen LogP contribution in [0.15, 0.2) is 47.4 Å². The van der Waals surface area contributed by atoms with Gasteiger partial charge in [0.25, 0.3) is 11.8 Å². The third-order valence-corrected chi connectivity index (χ3v) is 4.29. The first kappa shape index (κ1) is 20.8. The minimum atomic E-state index is -5.23. The monoisotopic (exact) mass is 407 g/mol. The van der Waals surface area contributed by atoms with Crippen molar-refractivity contribution in [2.45, 2.75) is 17.2 Å². The molecule has 2 aromatic carbocycles. The Labute approximate surface area is 153 Å². The Bertz CT molecular complexity index is 862. The van der Waals surface area contributed by atoms with Crippen molar-refractivity contribution in [3.63, 3.8) is 0 Å². The van der Waals surface area contributed by atoms with Crippen molar-refractivity contribution in [2.24, 2.45) is 0 Å². The number of carbonyl (C=O) groups is 2. The topological polar surface area (TPSA) is 46.2 Å². The third kappa shape index (κ3) is 4.62. The third-order valence-electron chi connectivity index (χ3n) is 3.46. The van der Waals surface area contributed by atoms with Crippen LogP contribution in [0.25, 0.3) is 0 Å². The number of benzene rings is 2. The molecule has 0 aromatic heterocycles. The number of hydrogen-bond acceptors (Lipinski definition) is 3. The summed E-state index contributed by atoms with van der Waals surface area (Å²) in [7, 11) is 0. The Morgan fingerprint density at radius 1 is 0.852 bits per heavy atom. The summed E-state index contributed by atoms with van der Waals surface area (Å²) in [4.78, 5) is 23.0. The van der Waals surface area contributed by atoms with Gasteiger partial charge in [-0.2, -0.15) is 26.3 Å². The van der Waals surface area contributed by atoms with E-state index >= 15 is 0 Å². The molecule has 144 valence electrons. The van der Waals surface area contributed by atoms with Crippen LogP contribution in [0, 0.1) is 0 Å². The average Bonchev–Trinajstić information content (AvgIpc) is 2.59. The van der Waals surface area contributed by atoms with E-state index in [1.54, 1.807) is 11.4 Å². The second-order valence-electron chi connectivity index (χ2n) is 5.21. The fourth-order valence-corrected chi connectivity index (χ4v) is 3.15. The molecule has 27 heavy (non-hydrogen) atoms. The van der Waals surface area contributed by atoms with Crippen molar-refractivity contribution < 1.29 is 35.9 Å². The van der Waals surface area contributed by atoms with E-state index in [-0.39, 0.29) is 17.3 Å². The summed E-state index contributed by atoms with van der Waals surface area (Å²) in [5.41, 5.74) is -4.29. The van der Waals surface area contributed by atoms with Gasteiger partial charge >= 0.3 is 12.4 Å². The molecule has 3 nitrogen and oxygen atoms in total. The van der Waals surface area contributed by atoms with Gasteiger partial charge in [0.15, 0.2) is 0 Å². The molecule has 0 saturated carbocycles. The maximum absolute atomic E-state index is 13.4. The van der Waals surface area contributed by atoms with Gasteiger partial charge in [-0.25, -0.2) is 0 Å². The summed E-state index contributed by atoms with van der Waals surface area (Å²) >= 11 is 0.218. The zero-order valence-corrected chi connectivity index (χ0v) is 14.4. The molecule has 0 aliphatic rings. The van der Waals surface area contributed by atoms with E-state index in [1.165, 1.54) is 24.3 Å². The molecule has 0 bridgehead atoms. The maximum Gasteiger partial charge on any atom is 0.418 e. The number of alkyl halides is 6. The largest absolute Gasteiger partial charge is 0.418 e. The predicted molar refractivity (Wildman–Crippen MR) is 86.5 cm³/mol. The summed E-state index contributed by atoms with van der Waals surface area (Å²) in [6.07, 6.45) is -9.23. The zero-order valence-electron chi connectivity index (χ0n) is 13.5. The van der Waals surface area contributed by atoms with E-state index in [2.05, 4.69) is 0 Å². The molecular weight excluding hydrogens is 396 g/mol. The quantitative estimate of drug-likeness (QED) is 0.442. The van der Waals surface area contributed by atoms with Crippen molar-refractivity contribution in [3.05, 3.63) is 64.7 Å². The number of halogens is 6. The summed E-state index contributed by atoms with van der Waals surface area (Å²) in [6, 6.07) is 8.00. The molecule has 0 fully saturated rings. The van der Waals surface area contributed by atoms with Gasteiger partial charge in [0.05, 0.1) is 16.7 Å². The molecule has 0 aliphatic carbocycles. The Morgan fingerprint density at radius 3 is 1.93 bits per heavy atom. The number of thioether (sulfide) groups is 1. The lowest BCUT2D eigenvalue weighted by Gasteiger charge is -2.20. The second-order valence-corrected chi connectivity index (χ2v) is 6.03. The Hall–Kier alpha value is -2.49. The Morgan fingerprint density at radius 2 is 1.44 bits per heavy atom.